The van der Waals surface area contributed by atoms with Gasteiger partial charge in [0.2, 0.25) is 17.4 Å². The largest absolute Gasteiger partial charge is 0.244 e. The Kier molecular flexibility index (Phi) is 1.30. The zero-order chi connectivity index (χ0) is 9.54. The molecule has 0 saturated heterocycles. The van der Waals surface area contributed by atoms with Crippen LogP contribution in [0.2, 0.25) is 0 Å². The standard InChI is InChI=1S/C9H8N5/c1-13-6-9-10-11-12-14(9)8-5-3-2-4-7(8)13/h2-6H,1H3/q+1. The molecule has 0 bridgehead atoms. The maximum Gasteiger partial charge on any atom is 0.244 e. The van der Waals surface area contributed by atoms with Crippen LogP contribution in [0.1, 0.15) is 0 Å². The monoisotopic (exact) mass is 186 g/mol. The van der Waals surface area contributed by atoms with Crippen molar-refractivity contribution in [2.45, 2.75) is 0 Å². The highest BCUT2D eigenvalue weighted by atomic mass is 15.5. The first-order valence-electron chi connectivity index (χ1n) is 4.32. The topological polar surface area (TPSA) is 47.0 Å². The molecule has 5 heteroatoms. The van der Waals surface area contributed by atoms with E-state index in [-0.39, 0.29) is 0 Å². The Morgan fingerprint density at radius 3 is 3.07 bits per heavy atom. The molecule has 0 aliphatic carbocycles. The van der Waals surface area contributed by atoms with Crippen molar-refractivity contribution in [1.29, 1.82) is 0 Å². The van der Waals surface area contributed by atoms with Crippen LogP contribution >= 0.6 is 0 Å². The fourth-order valence-electron chi connectivity index (χ4n) is 1.63. The number of aromatic nitrogens is 5. The molecule has 0 N–H and O–H groups in total. The van der Waals surface area contributed by atoms with E-state index < -0.39 is 0 Å². The lowest BCUT2D eigenvalue weighted by molar-refractivity contribution is -0.644. The summed E-state index contributed by atoms with van der Waals surface area (Å²) >= 11 is 0. The Hall–Kier alpha value is -2.04. The molecule has 0 spiro atoms. The van der Waals surface area contributed by atoms with Gasteiger partial charge in [0.25, 0.3) is 0 Å². The van der Waals surface area contributed by atoms with E-state index in [1.807, 2.05) is 42.1 Å². The predicted molar refractivity (Wildman–Crippen MR) is 49.5 cm³/mol. The van der Waals surface area contributed by atoms with Crippen LogP contribution in [0.4, 0.5) is 0 Å². The number of tetrazole rings is 1. The normalized spacial score (nSPS) is 11.2. The van der Waals surface area contributed by atoms with E-state index in [0.717, 1.165) is 16.7 Å². The first-order valence-corrected chi connectivity index (χ1v) is 4.32. The fourth-order valence-corrected chi connectivity index (χ4v) is 1.63. The summed E-state index contributed by atoms with van der Waals surface area (Å²) in [5.74, 6) is 0. The van der Waals surface area contributed by atoms with E-state index in [0.29, 0.717) is 0 Å². The molecule has 2 aromatic heterocycles. The van der Waals surface area contributed by atoms with Crippen molar-refractivity contribution in [3.05, 3.63) is 30.5 Å². The Bertz CT molecular complexity index is 613. The fraction of sp³-hybridized carbons (Fsp3) is 0.111. The molecular formula is C9H8N5+. The molecule has 5 nitrogen and oxygen atoms in total. The number of para-hydroxylation sites is 2. The van der Waals surface area contributed by atoms with Gasteiger partial charge in [0.15, 0.2) is 0 Å². The van der Waals surface area contributed by atoms with Crippen LogP contribution in [0, 0.1) is 0 Å². The van der Waals surface area contributed by atoms with Gasteiger partial charge in [-0.15, -0.1) is 5.10 Å². The summed E-state index contributed by atoms with van der Waals surface area (Å²) in [7, 11) is 1.98. The number of hydrogen-bond donors (Lipinski definition) is 0. The Morgan fingerprint density at radius 1 is 1.29 bits per heavy atom. The second-order valence-corrected chi connectivity index (χ2v) is 3.18. The van der Waals surface area contributed by atoms with E-state index in [2.05, 4.69) is 15.5 Å². The van der Waals surface area contributed by atoms with Gasteiger partial charge in [-0.1, -0.05) is 12.1 Å². The van der Waals surface area contributed by atoms with E-state index >= 15 is 0 Å². The van der Waals surface area contributed by atoms with Gasteiger partial charge in [-0.25, -0.2) is 0 Å². The van der Waals surface area contributed by atoms with E-state index in [4.69, 9.17) is 0 Å². The summed E-state index contributed by atoms with van der Waals surface area (Å²) in [6.45, 7) is 0. The van der Waals surface area contributed by atoms with Crippen LogP contribution in [0.5, 0.6) is 0 Å². The number of nitrogens with zero attached hydrogens (tertiary/aromatic N) is 5. The minimum Gasteiger partial charge on any atom is -0.196 e. The highest BCUT2D eigenvalue weighted by molar-refractivity contribution is 5.72. The molecule has 2 heterocycles. The third kappa shape index (κ3) is 0.834. The van der Waals surface area contributed by atoms with Crippen LogP contribution in [0.15, 0.2) is 30.5 Å². The van der Waals surface area contributed by atoms with Gasteiger partial charge in [-0.2, -0.15) is 9.08 Å². The molecule has 3 rings (SSSR count). The zero-order valence-corrected chi connectivity index (χ0v) is 7.62. The number of rotatable bonds is 0. The van der Waals surface area contributed by atoms with Gasteiger partial charge < -0.3 is 0 Å². The lowest BCUT2D eigenvalue weighted by Crippen LogP contribution is -2.29. The van der Waals surface area contributed by atoms with Crippen LogP contribution in [0.25, 0.3) is 16.7 Å². The summed E-state index contributed by atoms with van der Waals surface area (Å²) in [4.78, 5) is 0. The highest BCUT2D eigenvalue weighted by Crippen LogP contribution is 2.08. The molecule has 0 amide bonds. The predicted octanol–water partition coefficient (Wildman–Crippen LogP) is 0.102. The van der Waals surface area contributed by atoms with Crippen molar-refractivity contribution in [2.24, 2.45) is 7.05 Å². The van der Waals surface area contributed by atoms with Crippen molar-refractivity contribution in [2.75, 3.05) is 0 Å². The maximum absolute atomic E-state index is 3.93. The molecule has 0 radical (unpaired) electrons. The second kappa shape index (κ2) is 2.47. The van der Waals surface area contributed by atoms with Crippen LogP contribution < -0.4 is 4.57 Å². The van der Waals surface area contributed by atoms with Crippen LogP contribution in [-0.4, -0.2) is 20.0 Å². The minimum atomic E-state index is 0.756. The molecule has 14 heavy (non-hydrogen) atoms. The molecule has 0 fully saturated rings. The minimum absolute atomic E-state index is 0.756. The van der Waals surface area contributed by atoms with E-state index in [1.54, 1.807) is 4.52 Å². The highest BCUT2D eigenvalue weighted by Gasteiger charge is 2.10. The van der Waals surface area contributed by atoms with E-state index in [1.165, 1.54) is 0 Å². The van der Waals surface area contributed by atoms with Crippen molar-refractivity contribution >= 4 is 16.7 Å². The summed E-state index contributed by atoms with van der Waals surface area (Å²) in [6, 6.07) is 8.01. The summed E-state index contributed by atoms with van der Waals surface area (Å²) in [5.41, 5.74) is 2.87. The molecule has 0 saturated carbocycles. The molecule has 68 valence electrons. The Morgan fingerprint density at radius 2 is 2.14 bits per heavy atom. The number of aryl methyl sites for hydroxylation is 1. The van der Waals surface area contributed by atoms with Crippen LogP contribution in [0.3, 0.4) is 0 Å². The number of hydrogen-bond acceptors (Lipinski definition) is 3. The quantitative estimate of drug-likeness (QED) is 0.468. The van der Waals surface area contributed by atoms with Gasteiger partial charge in [0.1, 0.15) is 12.6 Å². The number of benzene rings is 1. The molecule has 0 aliphatic heterocycles. The van der Waals surface area contributed by atoms with Gasteiger partial charge >= 0.3 is 0 Å². The second-order valence-electron chi connectivity index (χ2n) is 3.18. The first kappa shape index (κ1) is 7.37. The third-order valence-electron chi connectivity index (χ3n) is 2.29. The van der Waals surface area contributed by atoms with Gasteiger partial charge in [-0.3, -0.25) is 0 Å². The average molecular weight is 186 g/mol. The summed E-state index contributed by atoms with van der Waals surface area (Å²) in [6.07, 6.45) is 1.91. The van der Waals surface area contributed by atoms with Gasteiger partial charge in [0.05, 0.1) is 0 Å². The first-order chi connectivity index (χ1) is 6.86. The van der Waals surface area contributed by atoms with E-state index in [9.17, 15) is 0 Å². The molecular weight excluding hydrogens is 178 g/mol. The summed E-state index contributed by atoms with van der Waals surface area (Å²) < 4.78 is 3.75. The lowest BCUT2D eigenvalue weighted by atomic mass is 10.3. The van der Waals surface area contributed by atoms with Crippen LogP contribution in [-0.2, 0) is 7.05 Å². The average Bonchev–Trinajstić information content (AvgIpc) is 2.66. The molecule has 0 aliphatic rings. The molecule has 0 atom stereocenters. The zero-order valence-electron chi connectivity index (χ0n) is 7.62. The smallest absolute Gasteiger partial charge is 0.196 e. The van der Waals surface area contributed by atoms with Gasteiger partial charge in [-0.05, 0) is 16.5 Å². The van der Waals surface area contributed by atoms with Gasteiger partial charge in [0, 0.05) is 6.07 Å². The Labute approximate surface area is 79.6 Å². The summed E-state index contributed by atoms with van der Waals surface area (Å²) in [5, 5.41) is 11.5. The molecule has 3 aromatic rings. The van der Waals surface area contributed by atoms with Crippen molar-refractivity contribution in [3.8, 4) is 0 Å². The Balaban J connectivity index is 2.67. The molecule has 1 aromatic carbocycles. The van der Waals surface area contributed by atoms with Crippen molar-refractivity contribution in [3.63, 3.8) is 0 Å². The SMILES string of the molecule is C[n+]1cc2nnnn2c2ccccc21. The lowest BCUT2D eigenvalue weighted by Gasteiger charge is -1.96. The third-order valence-corrected chi connectivity index (χ3v) is 2.29. The number of fused-ring (bicyclic) bond motifs is 3. The van der Waals surface area contributed by atoms with Crippen molar-refractivity contribution in [1.82, 2.24) is 20.0 Å². The van der Waals surface area contributed by atoms with Crippen molar-refractivity contribution < 1.29 is 4.57 Å². The maximum atomic E-state index is 3.93. The molecule has 0 unspecified atom stereocenters.